The molecular formula is C23H34N6O. The second-order valence-electron chi connectivity index (χ2n) is 8.28. The van der Waals surface area contributed by atoms with Crippen molar-refractivity contribution in [3.05, 3.63) is 48.3 Å². The average molecular weight is 411 g/mol. The molecule has 0 radical (unpaired) electrons. The highest BCUT2D eigenvalue weighted by Crippen LogP contribution is 2.33. The standard InChI is InChI=1S/C23H34N6O/c1-24-22(25-18-20-7-5-8-21(17-20)29-12-6-11-27-29)26-19-23(9-3-2-4-10-23)28-13-15-30-16-14-28/h5-8,11-12,17H,2-4,9-10,13-16,18-19H2,1H3,(H2,24,25,26). The molecular weight excluding hydrogens is 376 g/mol. The van der Waals surface area contributed by atoms with Crippen LogP contribution in [0.5, 0.6) is 0 Å². The topological polar surface area (TPSA) is 66.7 Å². The molecule has 2 aromatic rings. The maximum Gasteiger partial charge on any atom is 0.191 e. The fourth-order valence-electron chi connectivity index (χ4n) is 4.74. The molecule has 0 spiro atoms. The number of morpholine rings is 1. The summed E-state index contributed by atoms with van der Waals surface area (Å²) in [6.07, 6.45) is 10.2. The van der Waals surface area contributed by atoms with Crippen molar-refractivity contribution in [1.82, 2.24) is 25.3 Å². The lowest BCUT2D eigenvalue weighted by Gasteiger charge is -2.48. The minimum absolute atomic E-state index is 0.222. The van der Waals surface area contributed by atoms with Crippen molar-refractivity contribution in [2.45, 2.75) is 44.2 Å². The maximum absolute atomic E-state index is 5.60. The van der Waals surface area contributed by atoms with E-state index in [1.807, 2.05) is 24.0 Å². The third kappa shape index (κ3) is 5.02. The molecule has 30 heavy (non-hydrogen) atoms. The molecule has 7 heteroatoms. The monoisotopic (exact) mass is 410 g/mol. The van der Waals surface area contributed by atoms with Gasteiger partial charge in [-0.1, -0.05) is 31.4 Å². The number of aliphatic imine (C=N–C) groups is 1. The van der Waals surface area contributed by atoms with Crippen LogP contribution in [0.4, 0.5) is 0 Å². The zero-order valence-corrected chi connectivity index (χ0v) is 18.0. The van der Waals surface area contributed by atoms with Crippen molar-refractivity contribution >= 4 is 5.96 Å². The first kappa shape index (κ1) is 20.9. The summed E-state index contributed by atoms with van der Waals surface area (Å²) in [4.78, 5) is 7.13. The first-order valence-corrected chi connectivity index (χ1v) is 11.2. The molecule has 1 saturated carbocycles. The van der Waals surface area contributed by atoms with E-state index in [0.717, 1.165) is 51.0 Å². The Hall–Kier alpha value is -2.38. The highest BCUT2D eigenvalue weighted by molar-refractivity contribution is 5.79. The van der Waals surface area contributed by atoms with Crippen LogP contribution in [0.2, 0.25) is 0 Å². The summed E-state index contributed by atoms with van der Waals surface area (Å²) in [5.74, 6) is 0.859. The van der Waals surface area contributed by atoms with Crippen LogP contribution in [0.25, 0.3) is 5.69 Å². The van der Waals surface area contributed by atoms with Gasteiger partial charge in [0, 0.05) is 51.2 Å². The van der Waals surface area contributed by atoms with Crippen LogP contribution in [0.3, 0.4) is 0 Å². The third-order valence-corrected chi connectivity index (χ3v) is 6.41. The van der Waals surface area contributed by atoms with Crippen molar-refractivity contribution in [3.63, 3.8) is 0 Å². The van der Waals surface area contributed by atoms with Crippen LogP contribution in [-0.2, 0) is 11.3 Å². The average Bonchev–Trinajstić information content (AvgIpc) is 3.36. The first-order chi connectivity index (χ1) is 14.8. The zero-order valence-electron chi connectivity index (χ0n) is 18.0. The molecule has 0 atom stereocenters. The molecule has 4 rings (SSSR count). The van der Waals surface area contributed by atoms with Crippen molar-refractivity contribution in [3.8, 4) is 5.69 Å². The lowest BCUT2D eigenvalue weighted by molar-refractivity contribution is -0.0352. The summed E-state index contributed by atoms with van der Waals surface area (Å²) in [5.41, 5.74) is 2.49. The third-order valence-electron chi connectivity index (χ3n) is 6.41. The fraction of sp³-hybridized carbons (Fsp3) is 0.565. The summed E-state index contributed by atoms with van der Waals surface area (Å²) in [6, 6.07) is 10.4. The molecule has 2 fully saturated rings. The number of guanidine groups is 1. The van der Waals surface area contributed by atoms with Gasteiger partial charge >= 0.3 is 0 Å². The molecule has 1 aromatic heterocycles. The number of hydrogen-bond acceptors (Lipinski definition) is 4. The van der Waals surface area contributed by atoms with Gasteiger partial charge in [0.05, 0.1) is 18.9 Å². The van der Waals surface area contributed by atoms with Crippen LogP contribution in [-0.4, -0.2) is 66.1 Å². The van der Waals surface area contributed by atoms with E-state index in [2.05, 4.69) is 49.9 Å². The quantitative estimate of drug-likeness (QED) is 0.566. The Labute approximate surface area is 179 Å². The number of nitrogens with one attached hydrogen (secondary N) is 2. The van der Waals surface area contributed by atoms with Gasteiger partial charge < -0.3 is 15.4 Å². The maximum atomic E-state index is 5.60. The zero-order chi connectivity index (χ0) is 20.7. The van der Waals surface area contributed by atoms with Gasteiger partial charge in [-0.25, -0.2) is 4.68 Å². The molecule has 0 unspecified atom stereocenters. The van der Waals surface area contributed by atoms with E-state index in [1.54, 1.807) is 6.20 Å². The van der Waals surface area contributed by atoms with Gasteiger partial charge in [0.25, 0.3) is 0 Å². The molecule has 2 heterocycles. The van der Waals surface area contributed by atoms with Crippen LogP contribution in [0, 0.1) is 0 Å². The van der Waals surface area contributed by atoms with E-state index in [4.69, 9.17) is 4.74 Å². The first-order valence-electron chi connectivity index (χ1n) is 11.2. The highest BCUT2D eigenvalue weighted by Gasteiger charge is 2.38. The van der Waals surface area contributed by atoms with Gasteiger partial charge in [0.15, 0.2) is 5.96 Å². The van der Waals surface area contributed by atoms with Gasteiger partial charge in [-0.3, -0.25) is 9.89 Å². The fourth-order valence-corrected chi connectivity index (χ4v) is 4.74. The number of rotatable bonds is 6. The number of aromatic nitrogens is 2. The summed E-state index contributed by atoms with van der Waals surface area (Å²) >= 11 is 0. The lowest BCUT2D eigenvalue weighted by atomic mass is 9.80. The normalized spacial score (nSPS) is 20.1. The molecule has 1 aromatic carbocycles. The highest BCUT2D eigenvalue weighted by atomic mass is 16.5. The van der Waals surface area contributed by atoms with Gasteiger partial charge in [-0.15, -0.1) is 0 Å². The summed E-state index contributed by atoms with van der Waals surface area (Å²) in [7, 11) is 1.85. The molecule has 0 amide bonds. The molecule has 2 N–H and O–H groups in total. The van der Waals surface area contributed by atoms with Gasteiger partial charge in [-0.2, -0.15) is 5.10 Å². The predicted octanol–water partition coefficient (Wildman–Crippen LogP) is 2.57. The van der Waals surface area contributed by atoms with E-state index in [-0.39, 0.29) is 5.54 Å². The Kier molecular flexibility index (Phi) is 7.02. The molecule has 1 aliphatic carbocycles. The smallest absolute Gasteiger partial charge is 0.191 e. The summed E-state index contributed by atoms with van der Waals surface area (Å²) in [6.45, 7) is 5.42. The molecule has 2 aliphatic rings. The van der Waals surface area contributed by atoms with Gasteiger partial charge in [-0.05, 0) is 36.6 Å². The molecule has 1 saturated heterocycles. The van der Waals surface area contributed by atoms with Crippen molar-refractivity contribution < 1.29 is 4.74 Å². The van der Waals surface area contributed by atoms with Crippen molar-refractivity contribution in [2.24, 2.45) is 4.99 Å². The molecule has 1 aliphatic heterocycles. The Morgan fingerprint density at radius 2 is 1.97 bits per heavy atom. The Morgan fingerprint density at radius 3 is 2.70 bits per heavy atom. The Balaban J connectivity index is 1.35. The van der Waals surface area contributed by atoms with E-state index in [1.165, 1.54) is 37.7 Å². The number of hydrogen-bond donors (Lipinski definition) is 2. The van der Waals surface area contributed by atoms with Crippen molar-refractivity contribution in [1.29, 1.82) is 0 Å². The largest absolute Gasteiger partial charge is 0.379 e. The van der Waals surface area contributed by atoms with Crippen LogP contribution < -0.4 is 10.6 Å². The molecule has 7 nitrogen and oxygen atoms in total. The van der Waals surface area contributed by atoms with Gasteiger partial charge in [0.2, 0.25) is 0 Å². The number of nitrogens with zero attached hydrogens (tertiary/aromatic N) is 4. The van der Waals surface area contributed by atoms with Crippen LogP contribution in [0.1, 0.15) is 37.7 Å². The van der Waals surface area contributed by atoms with E-state index in [9.17, 15) is 0 Å². The number of ether oxygens (including phenoxy) is 1. The molecule has 0 bridgehead atoms. The van der Waals surface area contributed by atoms with Crippen molar-refractivity contribution in [2.75, 3.05) is 39.9 Å². The molecule has 162 valence electrons. The van der Waals surface area contributed by atoms with E-state index < -0.39 is 0 Å². The summed E-state index contributed by atoms with van der Waals surface area (Å²) < 4.78 is 7.48. The lowest BCUT2D eigenvalue weighted by Crippen LogP contribution is -2.60. The SMILES string of the molecule is CN=C(NCc1cccc(-n2cccn2)c1)NCC1(N2CCOCC2)CCCCC1. The van der Waals surface area contributed by atoms with E-state index >= 15 is 0 Å². The van der Waals surface area contributed by atoms with Crippen LogP contribution >= 0.6 is 0 Å². The van der Waals surface area contributed by atoms with Gasteiger partial charge in [0.1, 0.15) is 0 Å². The number of benzene rings is 1. The second kappa shape index (κ2) is 10.1. The predicted molar refractivity (Wildman–Crippen MR) is 120 cm³/mol. The second-order valence-corrected chi connectivity index (χ2v) is 8.28. The summed E-state index contributed by atoms with van der Waals surface area (Å²) in [5, 5.41) is 11.4. The minimum Gasteiger partial charge on any atom is -0.379 e. The van der Waals surface area contributed by atoms with Crippen LogP contribution in [0.15, 0.2) is 47.7 Å². The Morgan fingerprint density at radius 1 is 1.13 bits per heavy atom. The minimum atomic E-state index is 0.222. The van der Waals surface area contributed by atoms with E-state index in [0.29, 0.717) is 0 Å². The Bertz CT molecular complexity index is 807.